The third-order valence-electron chi connectivity index (χ3n) is 7.42. The molecule has 226 valence electrons. The molecule has 0 aliphatic rings. The highest BCUT2D eigenvalue weighted by Crippen LogP contribution is 2.36. The molecule has 0 radical (unpaired) electrons. The molecule has 0 aliphatic carbocycles. The Morgan fingerprint density at radius 2 is 1.45 bits per heavy atom. The van der Waals surface area contributed by atoms with E-state index in [0.29, 0.717) is 38.0 Å². The molecule has 0 unspecified atom stereocenters. The van der Waals surface area contributed by atoms with Gasteiger partial charge in [-0.3, -0.25) is 0 Å². The summed E-state index contributed by atoms with van der Waals surface area (Å²) >= 11 is 0. The number of carbonyl (C=O) groups is 1. The van der Waals surface area contributed by atoms with Gasteiger partial charge in [-0.25, -0.2) is 4.79 Å². The Labute approximate surface area is 251 Å². The Hall–Kier alpha value is -3.45. The second-order valence-electron chi connectivity index (χ2n) is 11.0. The van der Waals surface area contributed by atoms with Crippen molar-refractivity contribution in [1.82, 2.24) is 0 Å². The van der Waals surface area contributed by atoms with Crippen LogP contribution in [0.4, 0.5) is 0 Å². The lowest BCUT2D eigenvalue weighted by Crippen LogP contribution is -2.16. The van der Waals surface area contributed by atoms with Gasteiger partial charge in [-0.15, -0.1) is 0 Å². The lowest BCUT2D eigenvalue weighted by Gasteiger charge is -2.20. The van der Waals surface area contributed by atoms with Gasteiger partial charge in [0.1, 0.15) is 5.75 Å². The lowest BCUT2D eigenvalue weighted by molar-refractivity contribution is -0.139. The molecule has 0 spiro atoms. The van der Waals surface area contributed by atoms with E-state index >= 15 is 0 Å². The van der Waals surface area contributed by atoms with Gasteiger partial charge in [0.15, 0.2) is 0 Å². The van der Waals surface area contributed by atoms with Crippen LogP contribution >= 0.6 is 0 Å². The fourth-order valence-electron chi connectivity index (χ4n) is 4.91. The van der Waals surface area contributed by atoms with Crippen molar-refractivity contribution < 1.29 is 29.2 Å². The summed E-state index contributed by atoms with van der Waals surface area (Å²) in [5.74, 6) is 0.217. The SMILES string of the molecule is C=C(C)C(=O)OCCCc1cc(-c2ccc(-c3ccc(C)cc3)cc2C)cc(CCCOC)c1OCCC(CO)CO. The van der Waals surface area contributed by atoms with Crippen LogP contribution in [-0.2, 0) is 27.1 Å². The third kappa shape index (κ3) is 9.55. The maximum absolute atomic E-state index is 11.9. The molecule has 0 saturated heterocycles. The maximum Gasteiger partial charge on any atom is 0.333 e. The number of ether oxygens (including phenoxy) is 3. The maximum atomic E-state index is 11.9. The van der Waals surface area contributed by atoms with Gasteiger partial charge in [0.05, 0.1) is 13.2 Å². The monoisotopic (exact) mass is 574 g/mol. The van der Waals surface area contributed by atoms with E-state index in [9.17, 15) is 15.0 Å². The largest absolute Gasteiger partial charge is 0.493 e. The number of rotatable bonds is 17. The van der Waals surface area contributed by atoms with Gasteiger partial charge in [-0.2, -0.15) is 0 Å². The van der Waals surface area contributed by atoms with Crippen LogP contribution in [-0.4, -0.2) is 56.3 Å². The first-order chi connectivity index (χ1) is 20.3. The summed E-state index contributed by atoms with van der Waals surface area (Å²) in [6.07, 6.45) is 3.46. The molecule has 6 heteroatoms. The summed E-state index contributed by atoms with van der Waals surface area (Å²) < 4.78 is 17.1. The third-order valence-corrected chi connectivity index (χ3v) is 7.42. The summed E-state index contributed by atoms with van der Waals surface area (Å²) in [7, 11) is 1.70. The number of aliphatic hydroxyl groups is 2. The van der Waals surface area contributed by atoms with Crippen LogP contribution in [0.15, 0.2) is 66.7 Å². The molecular formula is C36H46O6. The fourth-order valence-corrected chi connectivity index (χ4v) is 4.91. The minimum absolute atomic E-state index is 0.0850. The van der Waals surface area contributed by atoms with Crippen LogP contribution in [0.3, 0.4) is 0 Å². The predicted molar refractivity (Wildman–Crippen MR) is 169 cm³/mol. The van der Waals surface area contributed by atoms with Crippen LogP contribution in [0.2, 0.25) is 0 Å². The molecule has 0 amide bonds. The fraction of sp³-hybridized carbons (Fsp3) is 0.417. The van der Waals surface area contributed by atoms with Crippen molar-refractivity contribution in [3.63, 3.8) is 0 Å². The quantitative estimate of drug-likeness (QED) is 0.107. The summed E-state index contributed by atoms with van der Waals surface area (Å²) in [4.78, 5) is 11.9. The van der Waals surface area contributed by atoms with Crippen LogP contribution in [0.1, 0.15) is 48.4 Å². The van der Waals surface area contributed by atoms with Gasteiger partial charge in [-0.1, -0.05) is 54.6 Å². The molecule has 0 bridgehead atoms. The second kappa shape index (κ2) is 16.9. The minimum atomic E-state index is -0.385. The highest BCUT2D eigenvalue weighted by molar-refractivity contribution is 5.86. The van der Waals surface area contributed by atoms with Crippen molar-refractivity contribution in [2.24, 2.45) is 5.92 Å². The highest BCUT2D eigenvalue weighted by atomic mass is 16.5. The molecule has 0 aliphatic heterocycles. The van der Waals surface area contributed by atoms with Crippen LogP contribution in [0.5, 0.6) is 5.75 Å². The summed E-state index contributed by atoms with van der Waals surface area (Å²) in [5.41, 5.74) is 9.56. The van der Waals surface area contributed by atoms with Crippen molar-refractivity contribution in [1.29, 1.82) is 0 Å². The van der Waals surface area contributed by atoms with E-state index in [-0.39, 0.29) is 31.7 Å². The zero-order valence-electron chi connectivity index (χ0n) is 25.6. The Morgan fingerprint density at radius 1 is 0.833 bits per heavy atom. The molecule has 3 rings (SSSR count). The first kappa shape index (κ1) is 33.1. The molecular weight excluding hydrogens is 528 g/mol. The van der Waals surface area contributed by atoms with Gasteiger partial charge in [0, 0.05) is 38.4 Å². The number of esters is 1. The van der Waals surface area contributed by atoms with E-state index < -0.39 is 0 Å². The smallest absolute Gasteiger partial charge is 0.333 e. The summed E-state index contributed by atoms with van der Waals surface area (Å²) in [6, 6.07) is 19.5. The van der Waals surface area contributed by atoms with Gasteiger partial charge >= 0.3 is 5.97 Å². The van der Waals surface area contributed by atoms with E-state index in [1.165, 1.54) is 22.3 Å². The minimum Gasteiger partial charge on any atom is -0.493 e. The van der Waals surface area contributed by atoms with E-state index in [4.69, 9.17) is 14.2 Å². The van der Waals surface area contributed by atoms with Crippen molar-refractivity contribution in [2.45, 2.75) is 52.9 Å². The number of hydrogen-bond acceptors (Lipinski definition) is 6. The zero-order valence-corrected chi connectivity index (χ0v) is 25.6. The predicted octanol–water partition coefficient (Wildman–Crippen LogP) is 6.64. The van der Waals surface area contributed by atoms with E-state index in [1.54, 1.807) is 14.0 Å². The molecule has 0 saturated carbocycles. The normalized spacial score (nSPS) is 11.1. The second-order valence-corrected chi connectivity index (χ2v) is 11.0. The average molecular weight is 575 g/mol. The zero-order chi connectivity index (χ0) is 30.5. The van der Waals surface area contributed by atoms with Gasteiger partial charge in [0.25, 0.3) is 0 Å². The average Bonchev–Trinajstić information content (AvgIpc) is 2.98. The number of carbonyl (C=O) groups excluding carboxylic acids is 1. The molecule has 3 aromatic rings. The topological polar surface area (TPSA) is 85.2 Å². The Kier molecular flexibility index (Phi) is 13.3. The van der Waals surface area contributed by atoms with Crippen molar-refractivity contribution in [2.75, 3.05) is 40.1 Å². The number of aliphatic hydroxyl groups excluding tert-OH is 2. The van der Waals surface area contributed by atoms with Crippen LogP contribution in [0.25, 0.3) is 22.3 Å². The first-order valence-corrected chi connectivity index (χ1v) is 14.8. The number of aryl methyl sites for hydroxylation is 4. The Balaban J connectivity index is 1.98. The first-order valence-electron chi connectivity index (χ1n) is 14.8. The molecule has 3 aromatic carbocycles. The standard InChI is InChI=1S/C36H46O6/c1-25(2)36(39)42-18-7-9-32-22-33(34-15-14-30(20-27(34)4)29-12-10-26(3)11-13-29)21-31(8-6-17-40-5)35(32)41-19-16-28(23-37)24-38/h10-15,20-22,28,37-38H,1,6-9,16-19,23-24H2,2-5H3. The Bertz CT molecular complexity index is 1310. The number of hydrogen-bond donors (Lipinski definition) is 2. The van der Waals surface area contributed by atoms with Crippen molar-refractivity contribution >= 4 is 5.97 Å². The molecule has 42 heavy (non-hydrogen) atoms. The molecule has 2 N–H and O–H groups in total. The van der Waals surface area contributed by atoms with Crippen molar-refractivity contribution in [3.8, 4) is 28.0 Å². The summed E-state index contributed by atoms with van der Waals surface area (Å²) in [6.45, 7) is 10.7. The summed E-state index contributed by atoms with van der Waals surface area (Å²) in [5, 5.41) is 19.0. The number of benzene rings is 3. The van der Waals surface area contributed by atoms with E-state index in [2.05, 4.69) is 75.0 Å². The Morgan fingerprint density at radius 3 is 2.02 bits per heavy atom. The van der Waals surface area contributed by atoms with Gasteiger partial charge in [0.2, 0.25) is 0 Å². The highest BCUT2D eigenvalue weighted by Gasteiger charge is 2.17. The van der Waals surface area contributed by atoms with Crippen LogP contribution < -0.4 is 4.74 Å². The van der Waals surface area contributed by atoms with Crippen molar-refractivity contribution in [3.05, 3.63) is 89.0 Å². The van der Waals surface area contributed by atoms with Gasteiger partial charge < -0.3 is 24.4 Å². The molecule has 6 nitrogen and oxygen atoms in total. The molecule has 0 atom stereocenters. The van der Waals surface area contributed by atoms with E-state index in [0.717, 1.165) is 40.8 Å². The molecule has 0 aromatic heterocycles. The lowest BCUT2D eigenvalue weighted by atomic mass is 9.91. The van der Waals surface area contributed by atoms with Gasteiger partial charge in [-0.05, 0) is 104 Å². The number of methoxy groups -OCH3 is 1. The molecule has 0 fully saturated rings. The molecule has 0 heterocycles. The van der Waals surface area contributed by atoms with Crippen LogP contribution in [0, 0.1) is 19.8 Å². The van der Waals surface area contributed by atoms with E-state index in [1.807, 2.05) is 0 Å².